The largest absolute Gasteiger partial charge is 0.488 e. The molecule has 0 fully saturated rings. The van der Waals surface area contributed by atoms with E-state index in [0.29, 0.717) is 12.2 Å². The summed E-state index contributed by atoms with van der Waals surface area (Å²) in [5, 5.41) is 4.45. The number of hydrogen-bond donors (Lipinski definition) is 0. The molecular weight excluding hydrogens is 388 g/mol. The second-order valence-electron chi connectivity index (χ2n) is 8.12. The second kappa shape index (κ2) is 8.90. The zero-order chi connectivity index (χ0) is 22.0. The summed E-state index contributed by atoms with van der Waals surface area (Å²) in [6, 6.07) is 12.1. The monoisotopic (exact) mass is 416 g/mol. The highest BCUT2D eigenvalue weighted by Gasteiger charge is 2.34. The maximum Gasteiger partial charge on any atom is 0.145 e. The van der Waals surface area contributed by atoms with Crippen molar-refractivity contribution in [3.05, 3.63) is 88.8 Å². The lowest BCUT2D eigenvalue weighted by Gasteiger charge is -2.35. The van der Waals surface area contributed by atoms with Crippen molar-refractivity contribution in [1.82, 2.24) is 9.78 Å². The maximum absolute atomic E-state index is 11.4. The van der Waals surface area contributed by atoms with Gasteiger partial charge in [0.25, 0.3) is 0 Å². The SMILES string of the molecule is C=C(C=O)[C@@H]1CCc2c(C)cc(OCc3cnn(-c4ccccc4)c3)c(C)c2[C@@H]1OC. The average molecular weight is 417 g/mol. The molecule has 1 heterocycles. The molecule has 31 heavy (non-hydrogen) atoms. The van der Waals surface area contributed by atoms with Crippen LogP contribution in [-0.2, 0) is 22.6 Å². The van der Waals surface area contributed by atoms with Gasteiger partial charge in [-0.2, -0.15) is 5.10 Å². The van der Waals surface area contributed by atoms with Crippen LogP contribution in [0, 0.1) is 19.8 Å². The number of aromatic nitrogens is 2. The number of methoxy groups -OCH3 is 1. The number of benzene rings is 2. The number of nitrogens with zero attached hydrogens (tertiary/aromatic N) is 2. The Morgan fingerprint density at radius 1 is 1.29 bits per heavy atom. The number of aldehydes is 1. The van der Waals surface area contributed by atoms with Gasteiger partial charge in [0.15, 0.2) is 0 Å². The number of carbonyl (C=O) groups excluding carboxylic acids is 1. The first-order chi connectivity index (χ1) is 15.0. The Morgan fingerprint density at radius 2 is 2.06 bits per heavy atom. The smallest absolute Gasteiger partial charge is 0.145 e. The normalized spacial score (nSPS) is 17.8. The molecule has 0 radical (unpaired) electrons. The molecule has 1 aliphatic rings. The summed E-state index contributed by atoms with van der Waals surface area (Å²) in [5.74, 6) is 0.829. The Balaban J connectivity index is 1.59. The molecule has 0 saturated heterocycles. The molecule has 5 heteroatoms. The van der Waals surface area contributed by atoms with Gasteiger partial charge in [0.2, 0.25) is 0 Å². The van der Waals surface area contributed by atoms with E-state index in [-0.39, 0.29) is 12.0 Å². The van der Waals surface area contributed by atoms with Crippen LogP contribution in [0.15, 0.2) is 60.9 Å². The summed E-state index contributed by atoms with van der Waals surface area (Å²) in [7, 11) is 1.70. The van der Waals surface area contributed by atoms with Crippen molar-refractivity contribution >= 4 is 6.29 Å². The predicted molar refractivity (Wildman–Crippen MR) is 121 cm³/mol. The van der Waals surface area contributed by atoms with Crippen LogP contribution in [0.4, 0.5) is 0 Å². The van der Waals surface area contributed by atoms with Gasteiger partial charge in [-0.15, -0.1) is 0 Å². The Hall–Kier alpha value is -3.18. The number of aryl methyl sites for hydroxylation is 1. The predicted octanol–water partition coefficient (Wildman–Crippen LogP) is 5.07. The number of para-hydroxylation sites is 1. The van der Waals surface area contributed by atoms with Gasteiger partial charge in [0.1, 0.15) is 18.6 Å². The van der Waals surface area contributed by atoms with Gasteiger partial charge in [0, 0.05) is 24.8 Å². The lowest BCUT2D eigenvalue weighted by atomic mass is 9.75. The van der Waals surface area contributed by atoms with E-state index in [9.17, 15) is 4.79 Å². The summed E-state index contributed by atoms with van der Waals surface area (Å²) in [4.78, 5) is 11.4. The van der Waals surface area contributed by atoms with Crippen LogP contribution in [-0.4, -0.2) is 23.2 Å². The fourth-order valence-corrected chi connectivity index (χ4v) is 4.55. The van der Waals surface area contributed by atoms with E-state index < -0.39 is 0 Å². The molecule has 3 aromatic rings. The number of rotatable bonds is 7. The molecule has 5 nitrogen and oxygen atoms in total. The van der Waals surface area contributed by atoms with Gasteiger partial charge in [0.05, 0.1) is 18.0 Å². The van der Waals surface area contributed by atoms with Crippen LogP contribution in [0.5, 0.6) is 5.75 Å². The highest BCUT2D eigenvalue weighted by molar-refractivity contribution is 5.73. The van der Waals surface area contributed by atoms with Crippen LogP contribution in [0.2, 0.25) is 0 Å². The Kier molecular flexibility index (Phi) is 6.05. The minimum Gasteiger partial charge on any atom is -0.488 e. The fourth-order valence-electron chi connectivity index (χ4n) is 4.55. The number of fused-ring (bicyclic) bond motifs is 1. The number of hydrogen-bond acceptors (Lipinski definition) is 4. The van der Waals surface area contributed by atoms with E-state index in [1.54, 1.807) is 7.11 Å². The lowest BCUT2D eigenvalue weighted by Crippen LogP contribution is -2.26. The molecule has 0 aliphatic heterocycles. The van der Waals surface area contributed by atoms with E-state index in [2.05, 4.69) is 31.6 Å². The van der Waals surface area contributed by atoms with Gasteiger partial charge < -0.3 is 9.47 Å². The summed E-state index contributed by atoms with van der Waals surface area (Å²) in [6.07, 6.45) is 6.25. The molecule has 0 saturated carbocycles. The Morgan fingerprint density at radius 3 is 2.77 bits per heavy atom. The molecule has 1 aromatic heterocycles. The zero-order valence-corrected chi connectivity index (χ0v) is 18.3. The Bertz CT molecular complexity index is 1100. The van der Waals surface area contributed by atoms with Gasteiger partial charge >= 0.3 is 0 Å². The molecule has 160 valence electrons. The van der Waals surface area contributed by atoms with E-state index in [4.69, 9.17) is 9.47 Å². The molecule has 1 aliphatic carbocycles. The third-order valence-corrected chi connectivity index (χ3v) is 6.21. The summed E-state index contributed by atoms with van der Waals surface area (Å²) < 4.78 is 14.0. The molecular formula is C26H28N2O3. The van der Waals surface area contributed by atoms with Crippen LogP contribution >= 0.6 is 0 Å². The topological polar surface area (TPSA) is 53.3 Å². The van der Waals surface area contributed by atoms with Crippen molar-refractivity contribution in [2.75, 3.05) is 7.11 Å². The van der Waals surface area contributed by atoms with Crippen LogP contribution < -0.4 is 4.74 Å². The standard InChI is InChI=1S/C26H28N2O3/c1-17-12-24(31-16-20-13-27-28(14-20)21-8-6-5-7-9-21)19(3)25-22(17)10-11-23(18(2)15-29)26(25)30-4/h5-9,12-15,23,26H,2,10-11,16H2,1,3-4H3/t23-,26+/m0/s1. The van der Waals surface area contributed by atoms with Crippen molar-refractivity contribution in [1.29, 1.82) is 0 Å². The van der Waals surface area contributed by atoms with E-state index >= 15 is 0 Å². The van der Waals surface area contributed by atoms with E-state index in [1.807, 2.05) is 47.4 Å². The molecule has 0 N–H and O–H groups in total. The molecule has 2 aromatic carbocycles. The van der Waals surface area contributed by atoms with Crippen LogP contribution in [0.25, 0.3) is 5.69 Å². The van der Waals surface area contributed by atoms with Gasteiger partial charge in [-0.1, -0.05) is 24.8 Å². The highest BCUT2D eigenvalue weighted by Crippen LogP contribution is 2.45. The molecule has 0 spiro atoms. The minimum absolute atomic E-state index is 0.00699. The van der Waals surface area contributed by atoms with E-state index in [0.717, 1.165) is 47.3 Å². The minimum atomic E-state index is -0.190. The van der Waals surface area contributed by atoms with Gasteiger partial charge in [-0.3, -0.25) is 4.79 Å². The van der Waals surface area contributed by atoms with Crippen molar-refractivity contribution in [3.8, 4) is 11.4 Å². The zero-order valence-electron chi connectivity index (χ0n) is 18.3. The third kappa shape index (κ3) is 4.06. The number of ether oxygens (including phenoxy) is 2. The first-order valence-electron chi connectivity index (χ1n) is 10.5. The summed E-state index contributed by atoms with van der Waals surface area (Å²) >= 11 is 0. The first kappa shape index (κ1) is 21.1. The number of carbonyl (C=O) groups is 1. The van der Waals surface area contributed by atoms with Gasteiger partial charge in [-0.25, -0.2) is 4.68 Å². The molecule has 0 unspecified atom stereocenters. The Labute approximate surface area is 183 Å². The summed E-state index contributed by atoms with van der Waals surface area (Å²) in [6.45, 7) is 8.56. The molecule has 0 amide bonds. The lowest BCUT2D eigenvalue weighted by molar-refractivity contribution is -0.106. The first-order valence-corrected chi connectivity index (χ1v) is 10.5. The fraction of sp³-hybridized carbons (Fsp3) is 0.308. The molecule has 0 bridgehead atoms. The maximum atomic E-state index is 11.4. The average Bonchev–Trinajstić information content (AvgIpc) is 3.28. The molecule has 4 rings (SSSR count). The van der Waals surface area contributed by atoms with E-state index in [1.165, 1.54) is 11.1 Å². The van der Waals surface area contributed by atoms with Crippen molar-refractivity contribution < 1.29 is 14.3 Å². The quantitative estimate of drug-likeness (QED) is 0.398. The highest BCUT2D eigenvalue weighted by atomic mass is 16.5. The van der Waals surface area contributed by atoms with Crippen molar-refractivity contribution in [3.63, 3.8) is 0 Å². The third-order valence-electron chi connectivity index (χ3n) is 6.21. The van der Waals surface area contributed by atoms with Crippen LogP contribution in [0.3, 0.4) is 0 Å². The van der Waals surface area contributed by atoms with Crippen LogP contribution in [0.1, 0.15) is 40.3 Å². The summed E-state index contributed by atoms with van der Waals surface area (Å²) in [5.41, 5.74) is 7.28. The van der Waals surface area contributed by atoms with Crippen molar-refractivity contribution in [2.45, 2.75) is 39.4 Å². The molecule has 2 atom stereocenters. The van der Waals surface area contributed by atoms with Crippen molar-refractivity contribution in [2.24, 2.45) is 5.92 Å². The van der Waals surface area contributed by atoms with Gasteiger partial charge in [-0.05, 0) is 72.7 Å². The second-order valence-corrected chi connectivity index (χ2v) is 8.12.